The zero-order valence-electron chi connectivity index (χ0n) is 6.82. The monoisotopic (exact) mass is 160 g/mol. The van der Waals surface area contributed by atoms with Crippen LogP contribution in [0.25, 0.3) is 0 Å². The van der Waals surface area contributed by atoms with Gasteiger partial charge in [0.2, 0.25) is 0 Å². The lowest BCUT2D eigenvalue weighted by Crippen LogP contribution is -2.36. The van der Waals surface area contributed by atoms with Gasteiger partial charge in [-0.2, -0.15) is 0 Å². The summed E-state index contributed by atoms with van der Waals surface area (Å²) in [5.74, 6) is 0.851. The van der Waals surface area contributed by atoms with Gasteiger partial charge in [0, 0.05) is 5.41 Å². The van der Waals surface area contributed by atoms with Crippen molar-refractivity contribution in [2.45, 2.75) is 13.3 Å². The van der Waals surface area contributed by atoms with E-state index >= 15 is 0 Å². The number of rotatable bonds is 4. The van der Waals surface area contributed by atoms with E-state index < -0.39 is 5.41 Å². The first-order valence-electron chi connectivity index (χ1n) is 4.03. The van der Waals surface area contributed by atoms with E-state index in [1.54, 1.807) is 0 Å². The molecule has 1 fully saturated rings. The molecule has 0 aromatic heterocycles. The third-order valence-electron chi connectivity index (χ3n) is 2.84. The molecule has 0 bridgehead atoms. The molecule has 0 radical (unpaired) electrons. The summed E-state index contributed by atoms with van der Waals surface area (Å²) < 4.78 is 0. The molecule has 0 aliphatic heterocycles. The van der Waals surface area contributed by atoms with Crippen LogP contribution in [0, 0.1) is 17.3 Å². The first kappa shape index (κ1) is 8.97. The minimum absolute atomic E-state index is 0.116. The second-order valence-electron chi connectivity index (χ2n) is 3.66. The molecule has 2 atom stereocenters. The summed E-state index contributed by atoms with van der Waals surface area (Å²) in [6.45, 7) is 1.72. The van der Waals surface area contributed by atoms with Crippen LogP contribution in [-0.2, 0) is 0 Å². The van der Waals surface area contributed by atoms with E-state index in [9.17, 15) is 0 Å². The molecule has 0 aromatic carbocycles. The Kier molecular flexibility index (Phi) is 2.52. The average Bonchev–Trinajstić information content (AvgIpc) is 2.73. The van der Waals surface area contributed by atoms with Gasteiger partial charge >= 0.3 is 0 Å². The van der Waals surface area contributed by atoms with Crippen LogP contribution in [0.4, 0.5) is 0 Å². The van der Waals surface area contributed by atoms with Crippen molar-refractivity contribution in [3.8, 4) is 0 Å². The summed E-state index contributed by atoms with van der Waals surface area (Å²) in [5, 5.41) is 27.0. The minimum Gasteiger partial charge on any atom is -0.396 e. The topological polar surface area (TPSA) is 60.7 Å². The normalized spacial score (nSPS) is 30.5. The Morgan fingerprint density at radius 2 is 1.55 bits per heavy atom. The molecule has 1 aliphatic carbocycles. The number of hydrogen-bond donors (Lipinski definition) is 3. The third-order valence-corrected chi connectivity index (χ3v) is 2.84. The maximum absolute atomic E-state index is 8.98. The molecule has 11 heavy (non-hydrogen) atoms. The smallest absolute Gasteiger partial charge is 0.0534 e. The van der Waals surface area contributed by atoms with E-state index in [-0.39, 0.29) is 19.8 Å². The van der Waals surface area contributed by atoms with Crippen LogP contribution >= 0.6 is 0 Å². The van der Waals surface area contributed by atoms with Crippen molar-refractivity contribution in [2.24, 2.45) is 17.3 Å². The van der Waals surface area contributed by atoms with Gasteiger partial charge in [0.1, 0.15) is 0 Å². The van der Waals surface area contributed by atoms with Crippen molar-refractivity contribution < 1.29 is 15.3 Å². The number of hydrogen-bond acceptors (Lipinski definition) is 3. The lowest BCUT2D eigenvalue weighted by Gasteiger charge is -2.27. The van der Waals surface area contributed by atoms with Gasteiger partial charge in [-0.25, -0.2) is 0 Å². The van der Waals surface area contributed by atoms with Crippen LogP contribution in [0.3, 0.4) is 0 Å². The second kappa shape index (κ2) is 3.09. The van der Waals surface area contributed by atoms with Gasteiger partial charge in [-0.1, -0.05) is 6.92 Å². The molecular formula is C8H16O3. The predicted octanol–water partition coefficient (Wildman–Crippen LogP) is -0.394. The summed E-state index contributed by atoms with van der Waals surface area (Å²) >= 11 is 0. The van der Waals surface area contributed by atoms with Crippen LogP contribution in [-0.4, -0.2) is 35.1 Å². The minimum atomic E-state index is -0.626. The standard InChI is InChI=1S/C8H16O3/c1-6-2-7(6)8(3-9,4-10)5-11/h6-7,9-11H,2-5H2,1H3/t6-,7-/m1/s1. The molecule has 1 saturated carbocycles. The van der Waals surface area contributed by atoms with Crippen LogP contribution < -0.4 is 0 Å². The quantitative estimate of drug-likeness (QED) is 0.524. The fourth-order valence-electron chi connectivity index (χ4n) is 1.68. The Hall–Kier alpha value is -0.120. The van der Waals surface area contributed by atoms with Crippen molar-refractivity contribution in [3.63, 3.8) is 0 Å². The van der Waals surface area contributed by atoms with Gasteiger partial charge in [-0.05, 0) is 18.3 Å². The molecule has 0 saturated heterocycles. The summed E-state index contributed by atoms with van der Waals surface area (Å²) in [4.78, 5) is 0. The van der Waals surface area contributed by atoms with Crippen molar-refractivity contribution >= 4 is 0 Å². The SMILES string of the molecule is C[C@@H]1C[C@H]1C(CO)(CO)CO. The largest absolute Gasteiger partial charge is 0.396 e. The van der Waals surface area contributed by atoms with Crippen LogP contribution in [0.15, 0.2) is 0 Å². The second-order valence-corrected chi connectivity index (χ2v) is 3.66. The average molecular weight is 160 g/mol. The summed E-state index contributed by atoms with van der Waals surface area (Å²) in [7, 11) is 0. The molecule has 0 heterocycles. The highest BCUT2D eigenvalue weighted by Gasteiger charge is 2.49. The zero-order valence-corrected chi connectivity index (χ0v) is 6.82. The molecule has 3 N–H and O–H groups in total. The molecule has 3 heteroatoms. The Morgan fingerprint density at radius 1 is 1.18 bits per heavy atom. The molecule has 0 amide bonds. The van der Waals surface area contributed by atoms with Crippen LogP contribution in [0.1, 0.15) is 13.3 Å². The van der Waals surface area contributed by atoms with Gasteiger partial charge in [-0.3, -0.25) is 0 Å². The summed E-state index contributed by atoms with van der Waals surface area (Å²) in [6, 6.07) is 0. The molecule has 66 valence electrons. The molecule has 1 aliphatic rings. The summed E-state index contributed by atoms with van der Waals surface area (Å²) in [5.41, 5.74) is -0.626. The summed E-state index contributed by atoms with van der Waals surface area (Å²) in [6.07, 6.45) is 1.02. The van der Waals surface area contributed by atoms with Crippen molar-refractivity contribution in [2.75, 3.05) is 19.8 Å². The zero-order chi connectivity index (χ0) is 8.48. The first-order chi connectivity index (χ1) is 5.20. The van der Waals surface area contributed by atoms with E-state index in [0.717, 1.165) is 6.42 Å². The fraction of sp³-hybridized carbons (Fsp3) is 1.00. The van der Waals surface area contributed by atoms with Gasteiger partial charge in [0.15, 0.2) is 0 Å². The van der Waals surface area contributed by atoms with Crippen LogP contribution in [0.2, 0.25) is 0 Å². The Labute approximate surface area is 66.7 Å². The van der Waals surface area contributed by atoms with Crippen molar-refractivity contribution in [1.29, 1.82) is 0 Å². The molecule has 0 spiro atoms. The van der Waals surface area contributed by atoms with Gasteiger partial charge in [0.25, 0.3) is 0 Å². The molecule has 1 rings (SSSR count). The van der Waals surface area contributed by atoms with Crippen molar-refractivity contribution in [1.82, 2.24) is 0 Å². The molecule has 3 nitrogen and oxygen atoms in total. The fourth-order valence-corrected chi connectivity index (χ4v) is 1.68. The van der Waals surface area contributed by atoms with E-state index in [2.05, 4.69) is 6.92 Å². The number of aliphatic hydroxyl groups is 3. The van der Waals surface area contributed by atoms with E-state index in [0.29, 0.717) is 11.8 Å². The highest BCUT2D eigenvalue weighted by Crippen LogP contribution is 2.50. The van der Waals surface area contributed by atoms with Crippen LogP contribution in [0.5, 0.6) is 0 Å². The highest BCUT2D eigenvalue weighted by atomic mass is 16.3. The predicted molar refractivity (Wildman–Crippen MR) is 41.0 cm³/mol. The maximum Gasteiger partial charge on any atom is 0.0534 e. The Bertz CT molecular complexity index is 123. The Morgan fingerprint density at radius 3 is 1.64 bits per heavy atom. The van der Waals surface area contributed by atoms with Gasteiger partial charge in [0.05, 0.1) is 19.8 Å². The molecule has 0 aromatic rings. The maximum atomic E-state index is 8.98. The van der Waals surface area contributed by atoms with E-state index in [1.165, 1.54) is 0 Å². The Balaban J connectivity index is 2.57. The third kappa shape index (κ3) is 1.41. The molecular weight excluding hydrogens is 144 g/mol. The van der Waals surface area contributed by atoms with E-state index in [4.69, 9.17) is 15.3 Å². The van der Waals surface area contributed by atoms with Crippen molar-refractivity contribution in [3.05, 3.63) is 0 Å². The van der Waals surface area contributed by atoms with Gasteiger partial charge in [-0.15, -0.1) is 0 Å². The number of aliphatic hydroxyl groups excluding tert-OH is 3. The first-order valence-corrected chi connectivity index (χ1v) is 4.03. The van der Waals surface area contributed by atoms with Gasteiger partial charge < -0.3 is 15.3 Å². The molecule has 0 unspecified atom stereocenters. The van der Waals surface area contributed by atoms with E-state index in [1.807, 2.05) is 0 Å². The highest BCUT2D eigenvalue weighted by molar-refractivity contribution is 4.97. The lowest BCUT2D eigenvalue weighted by molar-refractivity contribution is -0.0143. The lowest BCUT2D eigenvalue weighted by atomic mass is 9.84.